The molecule has 2 aliphatic heterocycles. The van der Waals surface area contributed by atoms with Crippen molar-refractivity contribution in [2.75, 3.05) is 30.3 Å². The van der Waals surface area contributed by atoms with Crippen molar-refractivity contribution in [2.24, 2.45) is 0 Å². The lowest BCUT2D eigenvalue weighted by Crippen LogP contribution is -2.28. The lowest BCUT2D eigenvalue weighted by Gasteiger charge is -2.15. The van der Waals surface area contributed by atoms with E-state index in [0.29, 0.717) is 25.1 Å². The zero-order chi connectivity index (χ0) is 24.7. The number of benzene rings is 1. The predicted molar refractivity (Wildman–Crippen MR) is 119 cm³/mol. The number of alkyl halides is 3. The molecule has 1 unspecified atom stereocenters. The number of halogens is 3. The zero-order valence-corrected chi connectivity index (χ0v) is 18.5. The molecule has 11 heteroatoms. The lowest BCUT2D eigenvalue weighted by molar-refractivity contribution is -0.137. The molecular formula is C23H26F3N5O3. The average molecular weight is 477 g/mol. The summed E-state index contributed by atoms with van der Waals surface area (Å²) in [7, 11) is 0. The number of aromatic nitrogens is 2. The van der Waals surface area contributed by atoms with E-state index in [9.17, 15) is 22.8 Å². The van der Waals surface area contributed by atoms with Crippen LogP contribution in [0.25, 0.3) is 0 Å². The van der Waals surface area contributed by atoms with Gasteiger partial charge in [0, 0.05) is 26.1 Å². The summed E-state index contributed by atoms with van der Waals surface area (Å²) in [5.74, 6) is 0.236. The van der Waals surface area contributed by atoms with Crippen LogP contribution in [0, 0.1) is 0 Å². The summed E-state index contributed by atoms with van der Waals surface area (Å²) in [6, 6.07) is 4.90. The molecule has 1 aromatic carbocycles. The number of anilines is 2. The molecule has 0 aliphatic carbocycles. The number of carbonyl (C=O) groups excluding carboxylic acids is 2. The highest BCUT2D eigenvalue weighted by Gasteiger charge is 2.30. The number of nitrogens with two attached hydrogens (primary N) is 1. The Bertz CT molecular complexity index is 996. The quantitative estimate of drug-likeness (QED) is 0.664. The van der Waals surface area contributed by atoms with Crippen molar-refractivity contribution in [3.8, 4) is 0 Å². The minimum atomic E-state index is -4.32. The third-order valence-electron chi connectivity index (χ3n) is 5.44. The normalized spacial score (nSPS) is 18.0. The van der Waals surface area contributed by atoms with E-state index in [1.807, 2.05) is 0 Å². The highest BCUT2D eigenvalue weighted by atomic mass is 19.4. The van der Waals surface area contributed by atoms with Crippen LogP contribution in [0.3, 0.4) is 0 Å². The van der Waals surface area contributed by atoms with Crippen molar-refractivity contribution in [2.45, 2.75) is 38.1 Å². The van der Waals surface area contributed by atoms with Crippen molar-refractivity contribution >= 4 is 23.5 Å². The molecule has 0 bridgehead atoms. The maximum Gasteiger partial charge on any atom is 0.416 e. The van der Waals surface area contributed by atoms with Gasteiger partial charge in [-0.2, -0.15) is 13.2 Å². The van der Waals surface area contributed by atoms with Gasteiger partial charge in [-0.3, -0.25) is 9.59 Å². The van der Waals surface area contributed by atoms with Gasteiger partial charge in [0.2, 0.25) is 17.8 Å². The van der Waals surface area contributed by atoms with E-state index < -0.39 is 11.7 Å². The van der Waals surface area contributed by atoms with Crippen molar-refractivity contribution in [1.29, 1.82) is 0 Å². The molecule has 34 heavy (non-hydrogen) atoms. The minimum Gasteiger partial charge on any atom is -0.372 e. The maximum atomic E-state index is 12.4. The number of rotatable bonds is 5. The molecule has 4 rings (SSSR count). The first-order valence-electron chi connectivity index (χ1n) is 10.7. The fraction of sp³-hybridized carbons (Fsp3) is 0.391. The number of nitrogen functional groups attached to an aromatic ring is 1. The molecule has 0 radical (unpaired) electrons. The molecule has 0 saturated carbocycles. The second-order valence-corrected chi connectivity index (χ2v) is 7.85. The fourth-order valence-electron chi connectivity index (χ4n) is 3.59. The van der Waals surface area contributed by atoms with Crippen LogP contribution in [0.2, 0.25) is 0 Å². The number of nitrogens with zero attached hydrogens (tertiary/aromatic N) is 4. The third kappa shape index (κ3) is 6.77. The van der Waals surface area contributed by atoms with Crippen molar-refractivity contribution in [3.63, 3.8) is 0 Å². The molecule has 182 valence electrons. The monoisotopic (exact) mass is 477 g/mol. The number of amides is 2. The maximum absolute atomic E-state index is 12.4. The molecule has 1 aromatic heterocycles. The predicted octanol–water partition coefficient (Wildman–Crippen LogP) is 3.19. The van der Waals surface area contributed by atoms with Crippen LogP contribution < -0.4 is 10.6 Å². The summed E-state index contributed by atoms with van der Waals surface area (Å²) in [6.45, 7) is 5.52. The molecule has 2 amide bonds. The Balaban J connectivity index is 0.000000212. The van der Waals surface area contributed by atoms with Crippen LogP contribution in [0.15, 0.2) is 49.3 Å². The topological polar surface area (TPSA) is 102 Å². The largest absolute Gasteiger partial charge is 0.416 e. The molecule has 2 saturated heterocycles. The molecule has 1 atom stereocenters. The van der Waals surface area contributed by atoms with Gasteiger partial charge >= 0.3 is 6.18 Å². The van der Waals surface area contributed by atoms with Crippen LogP contribution >= 0.6 is 0 Å². The molecule has 8 nitrogen and oxygen atoms in total. The van der Waals surface area contributed by atoms with E-state index in [1.165, 1.54) is 18.2 Å². The molecule has 2 aliphatic rings. The molecule has 2 N–H and O–H groups in total. The summed E-state index contributed by atoms with van der Waals surface area (Å²) in [5, 5.41) is 0. The molecule has 0 spiro atoms. The van der Waals surface area contributed by atoms with E-state index >= 15 is 0 Å². The number of likely N-dealkylation sites (tertiary alicyclic amines) is 1. The van der Waals surface area contributed by atoms with Gasteiger partial charge in [0.15, 0.2) is 0 Å². The summed E-state index contributed by atoms with van der Waals surface area (Å²) in [5.41, 5.74) is 6.07. The first kappa shape index (κ1) is 25.2. The molecular weight excluding hydrogens is 451 g/mol. The summed E-state index contributed by atoms with van der Waals surface area (Å²) in [6.07, 6.45) is 2.25. The minimum absolute atomic E-state index is 0.0869. The first-order chi connectivity index (χ1) is 16.2. The second-order valence-electron chi connectivity index (χ2n) is 7.85. The number of carbonyl (C=O) groups is 2. The lowest BCUT2D eigenvalue weighted by atomic mass is 10.1. The Morgan fingerprint density at radius 1 is 1.21 bits per heavy atom. The zero-order valence-electron chi connectivity index (χ0n) is 18.5. The second kappa shape index (κ2) is 11.1. The Morgan fingerprint density at radius 2 is 1.88 bits per heavy atom. The number of ether oxygens (including phenoxy) is 1. The highest BCUT2D eigenvalue weighted by Crippen LogP contribution is 2.29. The van der Waals surface area contributed by atoms with E-state index in [0.717, 1.165) is 37.2 Å². The van der Waals surface area contributed by atoms with Crippen molar-refractivity contribution < 1.29 is 27.5 Å². The van der Waals surface area contributed by atoms with Gasteiger partial charge in [-0.05, 0) is 36.6 Å². The fourth-order valence-corrected chi connectivity index (χ4v) is 3.59. The first-order valence-corrected chi connectivity index (χ1v) is 10.7. The van der Waals surface area contributed by atoms with Crippen molar-refractivity contribution in [3.05, 3.63) is 60.4 Å². The van der Waals surface area contributed by atoms with E-state index in [-0.39, 0.29) is 30.5 Å². The molecule has 2 fully saturated rings. The van der Waals surface area contributed by atoms with Crippen molar-refractivity contribution in [1.82, 2.24) is 14.9 Å². The average Bonchev–Trinajstić information content (AvgIpc) is 3.47. The van der Waals surface area contributed by atoms with Crippen LogP contribution in [-0.2, 0) is 27.1 Å². The molecule has 3 heterocycles. The van der Waals surface area contributed by atoms with Gasteiger partial charge in [-0.25, -0.2) is 9.97 Å². The van der Waals surface area contributed by atoms with Gasteiger partial charge in [0.25, 0.3) is 0 Å². The standard InChI is InChI=1S/C15H16F3NO2.C8H10N4O/c1-2-14(20)19-8-7-13(9-19)21-10-11-3-5-12(6-4-11)15(16,17)18;9-8-10-4-6(5-11-8)12-3-1-2-7(12)13/h2-6,13H,1,7-10H2;4-5H,1-3H2,(H2,9,10,11). The van der Waals surface area contributed by atoms with Crippen LogP contribution in [-0.4, -0.2) is 52.4 Å². The number of hydrogen-bond donors (Lipinski definition) is 1. The Labute approximate surface area is 195 Å². The Kier molecular flexibility index (Phi) is 8.21. The summed E-state index contributed by atoms with van der Waals surface area (Å²) in [4.78, 5) is 33.7. The van der Waals surface area contributed by atoms with Gasteiger partial charge < -0.3 is 20.3 Å². The molecule has 2 aromatic rings. The smallest absolute Gasteiger partial charge is 0.372 e. The van der Waals surface area contributed by atoms with Crippen LogP contribution in [0.1, 0.15) is 30.4 Å². The summed E-state index contributed by atoms with van der Waals surface area (Å²) >= 11 is 0. The van der Waals surface area contributed by atoms with Gasteiger partial charge in [0.1, 0.15) is 0 Å². The Hall–Kier alpha value is -3.47. The number of hydrogen-bond acceptors (Lipinski definition) is 6. The SMILES string of the molecule is C=CC(=O)N1CCC(OCc2ccc(C(F)(F)F)cc2)C1.Nc1ncc(N2CCCC2=O)cn1. The highest BCUT2D eigenvalue weighted by molar-refractivity contribution is 5.95. The third-order valence-corrected chi connectivity index (χ3v) is 5.44. The summed E-state index contributed by atoms with van der Waals surface area (Å²) < 4.78 is 42.9. The van der Waals surface area contributed by atoms with E-state index in [1.54, 1.807) is 22.2 Å². The van der Waals surface area contributed by atoms with Gasteiger partial charge in [-0.15, -0.1) is 0 Å². The van der Waals surface area contributed by atoms with E-state index in [2.05, 4.69) is 16.5 Å². The van der Waals surface area contributed by atoms with Gasteiger partial charge in [-0.1, -0.05) is 18.7 Å². The van der Waals surface area contributed by atoms with Gasteiger partial charge in [0.05, 0.1) is 36.4 Å². The Morgan fingerprint density at radius 3 is 2.44 bits per heavy atom. The van der Waals surface area contributed by atoms with E-state index in [4.69, 9.17) is 10.5 Å². The van der Waals surface area contributed by atoms with Crippen LogP contribution in [0.5, 0.6) is 0 Å². The van der Waals surface area contributed by atoms with Crippen LogP contribution in [0.4, 0.5) is 24.8 Å².